The van der Waals surface area contributed by atoms with E-state index in [0.29, 0.717) is 22.7 Å². The summed E-state index contributed by atoms with van der Waals surface area (Å²) in [5, 5.41) is 7.57. The third-order valence-corrected chi connectivity index (χ3v) is 7.14. The molecule has 0 spiro atoms. The summed E-state index contributed by atoms with van der Waals surface area (Å²) in [7, 11) is 0. The van der Waals surface area contributed by atoms with Crippen LogP contribution in [0, 0.1) is 0 Å². The molecule has 29 heavy (non-hydrogen) atoms. The van der Waals surface area contributed by atoms with Gasteiger partial charge in [-0.1, -0.05) is 31.2 Å². The van der Waals surface area contributed by atoms with Gasteiger partial charge in [0.05, 0.1) is 16.9 Å². The Morgan fingerprint density at radius 1 is 1.21 bits per heavy atom. The average molecular weight is 442 g/mol. The van der Waals surface area contributed by atoms with E-state index in [0.717, 1.165) is 32.9 Å². The SMILES string of the molecule is CCc1ccccc1NC(=O)CSCc1nc2scc(-c3cccs3)c2c(=O)[nH]1. The number of anilines is 1. The van der Waals surface area contributed by atoms with E-state index in [2.05, 4.69) is 22.2 Å². The fourth-order valence-electron chi connectivity index (χ4n) is 3.05. The van der Waals surface area contributed by atoms with Crippen LogP contribution in [0.5, 0.6) is 0 Å². The number of amides is 1. The average Bonchev–Trinajstić information content (AvgIpc) is 3.38. The molecular formula is C21H19N3O2S3. The molecule has 1 aromatic carbocycles. The fourth-order valence-corrected chi connectivity index (χ4v) is 5.52. The van der Waals surface area contributed by atoms with Crippen LogP contribution in [-0.4, -0.2) is 21.6 Å². The molecule has 0 aliphatic carbocycles. The van der Waals surface area contributed by atoms with Crippen molar-refractivity contribution in [3.63, 3.8) is 0 Å². The third-order valence-electron chi connectivity index (χ3n) is 4.42. The van der Waals surface area contributed by atoms with E-state index >= 15 is 0 Å². The number of carbonyl (C=O) groups excluding carboxylic acids is 1. The van der Waals surface area contributed by atoms with Crippen LogP contribution in [0.25, 0.3) is 20.7 Å². The summed E-state index contributed by atoms with van der Waals surface area (Å²) in [4.78, 5) is 34.1. The van der Waals surface area contributed by atoms with Gasteiger partial charge in [0.25, 0.3) is 5.56 Å². The van der Waals surface area contributed by atoms with E-state index in [-0.39, 0.29) is 11.5 Å². The first kappa shape index (κ1) is 19.9. The molecule has 0 fully saturated rings. The lowest BCUT2D eigenvalue weighted by molar-refractivity contribution is -0.113. The summed E-state index contributed by atoms with van der Waals surface area (Å²) in [6.45, 7) is 2.06. The zero-order chi connectivity index (χ0) is 20.2. The smallest absolute Gasteiger partial charge is 0.260 e. The highest BCUT2D eigenvalue weighted by atomic mass is 32.2. The minimum absolute atomic E-state index is 0.0598. The summed E-state index contributed by atoms with van der Waals surface area (Å²) in [5.74, 6) is 1.30. The minimum Gasteiger partial charge on any atom is -0.325 e. The molecule has 1 amide bonds. The number of H-pyrrole nitrogens is 1. The fraction of sp³-hybridized carbons (Fsp3) is 0.190. The normalized spacial score (nSPS) is 11.1. The molecule has 0 aliphatic rings. The van der Waals surface area contributed by atoms with Crippen LogP contribution in [0.1, 0.15) is 18.3 Å². The Bertz CT molecular complexity index is 1200. The maximum atomic E-state index is 12.6. The number of nitrogens with one attached hydrogen (secondary N) is 2. The van der Waals surface area contributed by atoms with E-state index < -0.39 is 0 Å². The maximum absolute atomic E-state index is 12.6. The number of aromatic amines is 1. The largest absolute Gasteiger partial charge is 0.325 e. The van der Waals surface area contributed by atoms with E-state index in [1.165, 1.54) is 23.1 Å². The number of rotatable bonds is 7. The first-order valence-corrected chi connectivity index (χ1v) is 12.1. The highest BCUT2D eigenvalue weighted by molar-refractivity contribution is 7.99. The summed E-state index contributed by atoms with van der Waals surface area (Å²) >= 11 is 4.51. The number of benzene rings is 1. The standard InChI is InChI=1S/C21H19N3O2S3/c1-2-13-6-3-4-7-15(13)22-18(25)12-27-11-17-23-20(26)19-14(10-29-21(19)24-17)16-8-5-9-28-16/h3-10H,2,11-12H2,1H3,(H,22,25)(H,23,24,26). The molecule has 4 rings (SSSR count). The second kappa shape index (κ2) is 8.94. The van der Waals surface area contributed by atoms with Crippen LogP contribution in [-0.2, 0) is 17.0 Å². The minimum atomic E-state index is -0.128. The van der Waals surface area contributed by atoms with Gasteiger partial charge in [0.2, 0.25) is 5.91 Å². The number of aromatic nitrogens is 2. The van der Waals surface area contributed by atoms with Crippen molar-refractivity contribution in [1.29, 1.82) is 0 Å². The van der Waals surface area contributed by atoms with Gasteiger partial charge in [0.15, 0.2) is 0 Å². The molecule has 0 bridgehead atoms. The zero-order valence-electron chi connectivity index (χ0n) is 15.7. The van der Waals surface area contributed by atoms with Gasteiger partial charge in [0, 0.05) is 21.5 Å². The number of para-hydroxylation sites is 1. The van der Waals surface area contributed by atoms with Gasteiger partial charge in [-0.25, -0.2) is 4.98 Å². The summed E-state index contributed by atoms with van der Waals surface area (Å²) in [5.41, 5.74) is 2.77. The monoisotopic (exact) mass is 441 g/mol. The Balaban J connectivity index is 1.41. The molecule has 148 valence electrons. The van der Waals surface area contributed by atoms with Crippen LogP contribution in [0.15, 0.2) is 52.0 Å². The molecule has 0 saturated heterocycles. The van der Waals surface area contributed by atoms with Gasteiger partial charge in [-0.05, 0) is 29.5 Å². The molecule has 0 atom stereocenters. The summed E-state index contributed by atoms with van der Waals surface area (Å²) in [6, 6.07) is 11.8. The molecule has 5 nitrogen and oxygen atoms in total. The molecule has 4 aromatic rings. The first-order chi connectivity index (χ1) is 14.2. The summed E-state index contributed by atoms with van der Waals surface area (Å²) < 4.78 is 0. The topological polar surface area (TPSA) is 74.8 Å². The number of fused-ring (bicyclic) bond motifs is 1. The lowest BCUT2D eigenvalue weighted by Crippen LogP contribution is -2.16. The van der Waals surface area contributed by atoms with Crippen molar-refractivity contribution in [3.05, 3.63) is 68.9 Å². The van der Waals surface area contributed by atoms with Crippen molar-refractivity contribution in [2.24, 2.45) is 0 Å². The number of thiophene rings is 2. The molecule has 2 N–H and O–H groups in total. The quantitative estimate of drug-likeness (QED) is 0.416. The van der Waals surface area contributed by atoms with Crippen molar-refractivity contribution >= 4 is 56.2 Å². The van der Waals surface area contributed by atoms with Crippen LogP contribution >= 0.6 is 34.4 Å². The predicted molar refractivity (Wildman–Crippen MR) is 124 cm³/mol. The predicted octanol–water partition coefficient (Wildman–Crippen LogP) is 5.15. The maximum Gasteiger partial charge on any atom is 0.260 e. The van der Waals surface area contributed by atoms with E-state index in [1.54, 1.807) is 11.3 Å². The first-order valence-electron chi connectivity index (χ1n) is 9.15. The van der Waals surface area contributed by atoms with Crippen molar-refractivity contribution in [3.8, 4) is 10.4 Å². The Morgan fingerprint density at radius 2 is 2.07 bits per heavy atom. The number of thioether (sulfide) groups is 1. The second-order valence-electron chi connectivity index (χ2n) is 6.37. The lowest BCUT2D eigenvalue weighted by atomic mass is 10.1. The zero-order valence-corrected chi connectivity index (χ0v) is 18.2. The van der Waals surface area contributed by atoms with Gasteiger partial charge in [-0.2, -0.15) is 0 Å². The molecule has 3 heterocycles. The molecule has 0 radical (unpaired) electrons. The Hall–Kier alpha value is -2.42. The van der Waals surface area contributed by atoms with E-state index in [1.807, 2.05) is 47.2 Å². The Kier molecular flexibility index (Phi) is 6.13. The second-order valence-corrected chi connectivity index (χ2v) is 9.16. The number of hydrogen-bond acceptors (Lipinski definition) is 6. The Labute approximate surface area is 180 Å². The van der Waals surface area contributed by atoms with Crippen LogP contribution in [0.2, 0.25) is 0 Å². The molecule has 0 saturated carbocycles. The number of aryl methyl sites for hydroxylation is 1. The molecular weight excluding hydrogens is 422 g/mol. The van der Waals surface area contributed by atoms with Crippen LogP contribution < -0.4 is 10.9 Å². The van der Waals surface area contributed by atoms with Crippen molar-refractivity contribution in [1.82, 2.24) is 9.97 Å². The highest BCUT2D eigenvalue weighted by Crippen LogP contribution is 2.33. The lowest BCUT2D eigenvalue weighted by Gasteiger charge is -2.09. The van der Waals surface area contributed by atoms with Gasteiger partial charge in [0.1, 0.15) is 10.7 Å². The number of carbonyl (C=O) groups is 1. The third kappa shape index (κ3) is 4.44. The van der Waals surface area contributed by atoms with Crippen molar-refractivity contribution in [2.45, 2.75) is 19.1 Å². The van der Waals surface area contributed by atoms with Gasteiger partial charge in [-0.3, -0.25) is 9.59 Å². The van der Waals surface area contributed by atoms with Crippen LogP contribution in [0.3, 0.4) is 0 Å². The number of nitrogens with zero attached hydrogens (tertiary/aromatic N) is 1. The van der Waals surface area contributed by atoms with Crippen molar-refractivity contribution in [2.75, 3.05) is 11.1 Å². The molecule has 3 aromatic heterocycles. The van der Waals surface area contributed by atoms with Crippen LogP contribution in [0.4, 0.5) is 5.69 Å². The highest BCUT2D eigenvalue weighted by Gasteiger charge is 2.14. The van der Waals surface area contributed by atoms with Crippen molar-refractivity contribution < 1.29 is 4.79 Å². The van der Waals surface area contributed by atoms with Gasteiger partial charge in [-0.15, -0.1) is 34.4 Å². The molecule has 0 aliphatic heterocycles. The summed E-state index contributed by atoms with van der Waals surface area (Å²) in [6.07, 6.45) is 0.864. The molecule has 0 unspecified atom stereocenters. The van der Waals surface area contributed by atoms with E-state index in [9.17, 15) is 9.59 Å². The Morgan fingerprint density at radius 3 is 2.86 bits per heavy atom. The van der Waals surface area contributed by atoms with Gasteiger partial charge < -0.3 is 10.3 Å². The van der Waals surface area contributed by atoms with Gasteiger partial charge >= 0.3 is 0 Å². The molecule has 8 heteroatoms. The number of hydrogen-bond donors (Lipinski definition) is 2. The van der Waals surface area contributed by atoms with E-state index in [4.69, 9.17) is 0 Å².